The molecule has 1 aliphatic heterocycles. The fourth-order valence-corrected chi connectivity index (χ4v) is 2.24. The summed E-state index contributed by atoms with van der Waals surface area (Å²) in [6, 6.07) is 6.65. The summed E-state index contributed by atoms with van der Waals surface area (Å²) in [5.41, 5.74) is 0.871. The Morgan fingerprint density at radius 2 is 2.12 bits per heavy atom. The molecule has 1 aromatic carbocycles. The van der Waals surface area contributed by atoms with Gasteiger partial charge < -0.3 is 10.2 Å². The third kappa shape index (κ3) is 4.00. The molecule has 0 aliphatic carbocycles. The Labute approximate surface area is 103 Å². The van der Waals surface area contributed by atoms with Gasteiger partial charge in [-0.1, -0.05) is 13.0 Å². The summed E-state index contributed by atoms with van der Waals surface area (Å²) in [4.78, 5) is 2.48. The molecule has 0 amide bonds. The second kappa shape index (κ2) is 6.01. The van der Waals surface area contributed by atoms with Crippen LogP contribution < -0.4 is 5.32 Å². The van der Waals surface area contributed by atoms with Gasteiger partial charge in [0.1, 0.15) is 5.82 Å². The Balaban J connectivity index is 1.69. The van der Waals surface area contributed by atoms with Gasteiger partial charge in [-0.25, -0.2) is 4.39 Å². The van der Waals surface area contributed by atoms with Crippen molar-refractivity contribution < 1.29 is 4.39 Å². The van der Waals surface area contributed by atoms with E-state index in [1.54, 1.807) is 6.07 Å². The zero-order valence-electron chi connectivity index (χ0n) is 10.5. The molecule has 1 aromatic rings. The van der Waals surface area contributed by atoms with E-state index in [0.29, 0.717) is 0 Å². The minimum Gasteiger partial charge on any atom is -0.384 e. The molecule has 1 N–H and O–H groups in total. The molecule has 0 saturated carbocycles. The average molecular weight is 236 g/mol. The minimum atomic E-state index is -0.179. The first kappa shape index (κ1) is 12.4. The van der Waals surface area contributed by atoms with Crippen LogP contribution in [-0.4, -0.2) is 31.1 Å². The lowest BCUT2D eigenvalue weighted by molar-refractivity contribution is 0.199. The summed E-state index contributed by atoms with van der Waals surface area (Å²) in [5, 5.41) is 3.26. The van der Waals surface area contributed by atoms with Crippen molar-refractivity contribution >= 4 is 5.69 Å². The number of rotatable bonds is 4. The summed E-state index contributed by atoms with van der Waals surface area (Å²) in [5.74, 6) is 0.698. The molecule has 2 nitrogen and oxygen atoms in total. The van der Waals surface area contributed by atoms with Gasteiger partial charge >= 0.3 is 0 Å². The number of benzene rings is 1. The van der Waals surface area contributed by atoms with Crippen LogP contribution in [0, 0.1) is 11.7 Å². The molecule has 1 saturated heterocycles. The van der Waals surface area contributed by atoms with Crippen LogP contribution in [0.4, 0.5) is 10.1 Å². The third-order valence-corrected chi connectivity index (χ3v) is 3.46. The summed E-state index contributed by atoms with van der Waals surface area (Å²) < 4.78 is 12.9. The molecule has 0 bridgehead atoms. The highest BCUT2D eigenvalue weighted by atomic mass is 19.1. The highest BCUT2D eigenvalue weighted by Gasteiger charge is 2.14. The second-order valence-corrected chi connectivity index (χ2v) is 4.96. The van der Waals surface area contributed by atoms with Gasteiger partial charge in [0.25, 0.3) is 0 Å². The Morgan fingerprint density at radius 1 is 1.35 bits per heavy atom. The SMILES string of the molecule is CC1CCN(CCNc2cccc(F)c2)CC1. The van der Waals surface area contributed by atoms with E-state index in [0.717, 1.165) is 24.7 Å². The topological polar surface area (TPSA) is 15.3 Å². The summed E-state index contributed by atoms with van der Waals surface area (Å²) >= 11 is 0. The first-order chi connectivity index (χ1) is 8.24. The fourth-order valence-electron chi connectivity index (χ4n) is 2.24. The van der Waals surface area contributed by atoms with Crippen LogP contribution in [0.15, 0.2) is 24.3 Å². The zero-order chi connectivity index (χ0) is 12.1. The molecule has 1 fully saturated rings. The average Bonchev–Trinajstić information content (AvgIpc) is 2.32. The Kier molecular flexibility index (Phi) is 4.37. The lowest BCUT2D eigenvalue weighted by atomic mass is 9.99. The van der Waals surface area contributed by atoms with Crippen molar-refractivity contribution in [2.24, 2.45) is 5.92 Å². The monoisotopic (exact) mass is 236 g/mol. The van der Waals surface area contributed by atoms with Gasteiger partial charge in [-0.2, -0.15) is 0 Å². The van der Waals surface area contributed by atoms with E-state index in [-0.39, 0.29) is 5.82 Å². The first-order valence-corrected chi connectivity index (χ1v) is 6.46. The highest BCUT2D eigenvalue weighted by molar-refractivity contribution is 5.42. The number of hydrogen-bond acceptors (Lipinski definition) is 2. The number of likely N-dealkylation sites (tertiary alicyclic amines) is 1. The Bertz CT molecular complexity index is 346. The van der Waals surface area contributed by atoms with Crippen molar-refractivity contribution in [1.29, 1.82) is 0 Å². The lowest BCUT2D eigenvalue weighted by Crippen LogP contribution is -2.36. The number of nitrogens with one attached hydrogen (secondary N) is 1. The molecule has 3 heteroatoms. The van der Waals surface area contributed by atoms with Crippen LogP contribution >= 0.6 is 0 Å². The number of anilines is 1. The van der Waals surface area contributed by atoms with E-state index in [4.69, 9.17) is 0 Å². The van der Waals surface area contributed by atoms with Crippen LogP contribution in [0.2, 0.25) is 0 Å². The zero-order valence-corrected chi connectivity index (χ0v) is 10.5. The lowest BCUT2D eigenvalue weighted by Gasteiger charge is -2.30. The van der Waals surface area contributed by atoms with Gasteiger partial charge in [-0.3, -0.25) is 0 Å². The Morgan fingerprint density at radius 3 is 2.82 bits per heavy atom. The van der Waals surface area contributed by atoms with Crippen LogP contribution in [0.25, 0.3) is 0 Å². The van der Waals surface area contributed by atoms with Gasteiger partial charge in [0.15, 0.2) is 0 Å². The molecule has 0 atom stereocenters. The summed E-state index contributed by atoms with van der Waals surface area (Å²) in [6.07, 6.45) is 2.61. The highest BCUT2D eigenvalue weighted by Crippen LogP contribution is 2.15. The van der Waals surface area contributed by atoms with E-state index < -0.39 is 0 Å². The van der Waals surface area contributed by atoms with E-state index in [2.05, 4.69) is 17.1 Å². The van der Waals surface area contributed by atoms with Crippen molar-refractivity contribution in [2.45, 2.75) is 19.8 Å². The predicted molar refractivity (Wildman–Crippen MR) is 69.7 cm³/mol. The quantitative estimate of drug-likeness (QED) is 0.864. The maximum atomic E-state index is 12.9. The molecule has 0 radical (unpaired) electrons. The normalized spacial score (nSPS) is 18.2. The van der Waals surface area contributed by atoms with Crippen LogP contribution in [0.1, 0.15) is 19.8 Å². The largest absolute Gasteiger partial charge is 0.384 e. The van der Waals surface area contributed by atoms with Crippen molar-refractivity contribution in [3.05, 3.63) is 30.1 Å². The fraction of sp³-hybridized carbons (Fsp3) is 0.571. The van der Waals surface area contributed by atoms with Gasteiger partial charge in [-0.15, -0.1) is 0 Å². The molecule has 94 valence electrons. The molecule has 0 spiro atoms. The molecule has 17 heavy (non-hydrogen) atoms. The van der Waals surface area contributed by atoms with Crippen LogP contribution in [-0.2, 0) is 0 Å². The predicted octanol–water partition coefficient (Wildman–Crippen LogP) is 2.97. The molecular formula is C14H21FN2. The number of halogens is 1. The first-order valence-electron chi connectivity index (χ1n) is 6.46. The minimum absolute atomic E-state index is 0.179. The van der Waals surface area contributed by atoms with Crippen LogP contribution in [0.3, 0.4) is 0 Å². The molecule has 1 heterocycles. The number of nitrogens with zero attached hydrogens (tertiary/aromatic N) is 1. The standard InChI is InChI=1S/C14H21FN2/c1-12-5-8-17(9-6-12)10-7-16-14-4-2-3-13(15)11-14/h2-4,11-12,16H,5-10H2,1H3. The molecule has 0 unspecified atom stereocenters. The van der Waals surface area contributed by atoms with E-state index in [9.17, 15) is 4.39 Å². The number of hydrogen-bond donors (Lipinski definition) is 1. The molecule has 2 rings (SSSR count). The molecular weight excluding hydrogens is 215 g/mol. The van der Waals surface area contributed by atoms with Gasteiger partial charge in [0.2, 0.25) is 0 Å². The Hall–Kier alpha value is -1.09. The van der Waals surface area contributed by atoms with Crippen molar-refractivity contribution in [3.63, 3.8) is 0 Å². The van der Waals surface area contributed by atoms with Crippen LogP contribution in [0.5, 0.6) is 0 Å². The third-order valence-electron chi connectivity index (χ3n) is 3.46. The summed E-state index contributed by atoms with van der Waals surface area (Å²) in [6.45, 7) is 6.65. The summed E-state index contributed by atoms with van der Waals surface area (Å²) in [7, 11) is 0. The smallest absolute Gasteiger partial charge is 0.125 e. The van der Waals surface area contributed by atoms with Gasteiger partial charge in [0, 0.05) is 18.8 Å². The van der Waals surface area contributed by atoms with Gasteiger partial charge in [-0.05, 0) is 50.0 Å². The van der Waals surface area contributed by atoms with E-state index in [1.807, 2.05) is 6.07 Å². The van der Waals surface area contributed by atoms with Crippen molar-refractivity contribution in [2.75, 3.05) is 31.5 Å². The maximum absolute atomic E-state index is 12.9. The number of piperidine rings is 1. The van der Waals surface area contributed by atoms with Gasteiger partial charge in [0.05, 0.1) is 0 Å². The molecule has 1 aliphatic rings. The van der Waals surface area contributed by atoms with Crippen molar-refractivity contribution in [1.82, 2.24) is 4.90 Å². The maximum Gasteiger partial charge on any atom is 0.125 e. The van der Waals surface area contributed by atoms with Crippen molar-refractivity contribution in [3.8, 4) is 0 Å². The van der Waals surface area contributed by atoms with E-state index >= 15 is 0 Å². The molecule has 0 aromatic heterocycles. The van der Waals surface area contributed by atoms with E-state index in [1.165, 1.54) is 38.1 Å². The second-order valence-electron chi connectivity index (χ2n) is 4.96.